The lowest BCUT2D eigenvalue weighted by molar-refractivity contribution is -0.0178. The lowest BCUT2D eigenvalue weighted by Gasteiger charge is -2.35. The van der Waals surface area contributed by atoms with Crippen molar-refractivity contribution in [1.29, 1.82) is 0 Å². The van der Waals surface area contributed by atoms with Crippen LogP contribution in [0.4, 0.5) is 10.5 Å². The van der Waals surface area contributed by atoms with Gasteiger partial charge in [0.1, 0.15) is 11.4 Å². The number of hydrogen-bond acceptors (Lipinski definition) is 6. The van der Waals surface area contributed by atoms with Crippen LogP contribution in [0.5, 0.6) is 0 Å². The topological polar surface area (TPSA) is 108 Å². The number of aryl methyl sites for hydroxylation is 2. The van der Waals surface area contributed by atoms with Crippen LogP contribution >= 0.6 is 0 Å². The van der Waals surface area contributed by atoms with Gasteiger partial charge in [0.2, 0.25) is 0 Å². The molecule has 3 amide bonds. The average Bonchev–Trinajstić information content (AvgIpc) is 3.24. The van der Waals surface area contributed by atoms with E-state index in [0.29, 0.717) is 42.4 Å². The standard InChI is InChI=1S/C29H36N4O5/c1-18-14-33(19(2)16-34)28(35)25-13-9-8-12-24(25)23-11-7-6-10-22(23)17-37-26(18)15-32(5)29(36)30-27-20(3)31-38-21(27)4/h6-13,18-19,26,34H,14-17H2,1-5H3,(H,30,36)/t18-,19+,26+/m1/s1. The lowest BCUT2D eigenvalue weighted by atomic mass is 9.94. The monoisotopic (exact) mass is 520 g/mol. The molecule has 0 unspecified atom stereocenters. The Balaban J connectivity index is 1.66. The molecule has 9 heteroatoms. The smallest absolute Gasteiger partial charge is 0.321 e. The number of rotatable bonds is 5. The SMILES string of the molecule is Cc1noc(C)c1NC(=O)N(C)C[C@@H]1OCc2ccccc2-c2ccccc2C(=O)N([C@@H](C)CO)C[C@H]1C. The number of ether oxygens (including phenoxy) is 1. The average molecular weight is 521 g/mol. The van der Waals surface area contributed by atoms with Gasteiger partial charge in [0.25, 0.3) is 5.91 Å². The quantitative estimate of drug-likeness (QED) is 0.514. The molecule has 0 spiro atoms. The largest absolute Gasteiger partial charge is 0.394 e. The fraction of sp³-hybridized carbons (Fsp3) is 0.414. The number of likely N-dealkylation sites (N-methyl/N-ethyl adjacent to an activating group) is 1. The number of anilines is 1. The number of nitrogens with zero attached hydrogens (tertiary/aromatic N) is 3. The van der Waals surface area contributed by atoms with Gasteiger partial charge in [0, 0.05) is 31.6 Å². The molecule has 3 aromatic rings. The van der Waals surface area contributed by atoms with Crippen molar-refractivity contribution in [2.45, 2.75) is 46.4 Å². The van der Waals surface area contributed by atoms with Crippen molar-refractivity contribution < 1.29 is 24.0 Å². The van der Waals surface area contributed by atoms with Crippen molar-refractivity contribution in [2.24, 2.45) is 5.92 Å². The molecule has 2 heterocycles. The van der Waals surface area contributed by atoms with Crippen LogP contribution in [-0.2, 0) is 11.3 Å². The third kappa shape index (κ3) is 5.74. The van der Waals surface area contributed by atoms with Crippen LogP contribution in [0.2, 0.25) is 0 Å². The van der Waals surface area contributed by atoms with E-state index in [0.717, 1.165) is 16.7 Å². The molecule has 0 saturated carbocycles. The molecule has 0 radical (unpaired) electrons. The predicted octanol–water partition coefficient (Wildman–Crippen LogP) is 4.48. The maximum atomic E-state index is 13.9. The summed E-state index contributed by atoms with van der Waals surface area (Å²) < 4.78 is 11.6. The summed E-state index contributed by atoms with van der Waals surface area (Å²) in [4.78, 5) is 30.2. The first-order chi connectivity index (χ1) is 18.2. The number of aliphatic hydroxyl groups is 1. The van der Waals surface area contributed by atoms with Gasteiger partial charge in [-0.05, 0) is 43.5 Å². The Morgan fingerprint density at radius 3 is 2.47 bits per heavy atom. The Labute approximate surface area is 223 Å². The number of aromatic nitrogens is 1. The third-order valence-electron chi connectivity index (χ3n) is 7.16. The van der Waals surface area contributed by atoms with Gasteiger partial charge in [-0.1, -0.05) is 54.5 Å². The Morgan fingerprint density at radius 1 is 1.16 bits per heavy atom. The third-order valence-corrected chi connectivity index (χ3v) is 7.16. The van der Waals surface area contributed by atoms with Crippen molar-refractivity contribution in [3.05, 3.63) is 71.1 Å². The van der Waals surface area contributed by atoms with Crippen LogP contribution in [0.25, 0.3) is 11.1 Å². The van der Waals surface area contributed by atoms with Crippen molar-refractivity contribution in [2.75, 3.05) is 32.1 Å². The Bertz CT molecular complexity index is 1270. The van der Waals surface area contributed by atoms with E-state index in [1.807, 2.05) is 62.4 Å². The van der Waals surface area contributed by atoms with E-state index in [4.69, 9.17) is 9.26 Å². The highest BCUT2D eigenvalue weighted by Crippen LogP contribution is 2.31. The highest BCUT2D eigenvalue weighted by Gasteiger charge is 2.31. The normalized spacial score (nSPS) is 18.7. The predicted molar refractivity (Wildman–Crippen MR) is 145 cm³/mol. The summed E-state index contributed by atoms with van der Waals surface area (Å²) in [6.45, 7) is 8.16. The molecule has 9 nitrogen and oxygen atoms in total. The number of aliphatic hydroxyl groups excluding tert-OH is 1. The van der Waals surface area contributed by atoms with E-state index in [1.165, 1.54) is 0 Å². The molecule has 1 aliphatic rings. The fourth-order valence-corrected chi connectivity index (χ4v) is 4.77. The first kappa shape index (κ1) is 27.3. The molecule has 2 aromatic carbocycles. The summed E-state index contributed by atoms with van der Waals surface area (Å²) in [7, 11) is 1.71. The minimum Gasteiger partial charge on any atom is -0.394 e. The van der Waals surface area contributed by atoms with Crippen LogP contribution in [0.1, 0.15) is 41.2 Å². The summed E-state index contributed by atoms with van der Waals surface area (Å²) in [6, 6.07) is 14.7. The molecule has 4 rings (SSSR count). The minimum absolute atomic E-state index is 0.139. The van der Waals surface area contributed by atoms with Crippen molar-refractivity contribution in [3.63, 3.8) is 0 Å². The zero-order valence-electron chi connectivity index (χ0n) is 22.6. The minimum atomic E-state index is -0.393. The molecular formula is C29H36N4O5. The van der Waals surface area contributed by atoms with E-state index in [-0.39, 0.29) is 30.6 Å². The number of benzene rings is 2. The van der Waals surface area contributed by atoms with Gasteiger partial charge >= 0.3 is 6.03 Å². The number of fused-ring (bicyclic) bond motifs is 3. The molecule has 3 atom stereocenters. The summed E-state index contributed by atoms with van der Waals surface area (Å²) in [5.74, 6) is 0.251. The summed E-state index contributed by atoms with van der Waals surface area (Å²) in [6.07, 6.45) is -0.383. The molecule has 0 aliphatic carbocycles. The molecule has 0 saturated heterocycles. The van der Waals surface area contributed by atoms with E-state index in [9.17, 15) is 14.7 Å². The van der Waals surface area contributed by atoms with Crippen LogP contribution in [0.3, 0.4) is 0 Å². The van der Waals surface area contributed by atoms with Gasteiger partial charge in [-0.25, -0.2) is 4.79 Å². The van der Waals surface area contributed by atoms with Crippen LogP contribution in [0, 0.1) is 19.8 Å². The van der Waals surface area contributed by atoms with Gasteiger partial charge in [-0.2, -0.15) is 0 Å². The molecular weight excluding hydrogens is 484 g/mol. The molecule has 1 aromatic heterocycles. The van der Waals surface area contributed by atoms with Crippen molar-refractivity contribution in [3.8, 4) is 11.1 Å². The number of hydrogen-bond donors (Lipinski definition) is 2. The van der Waals surface area contributed by atoms with Crippen molar-refractivity contribution in [1.82, 2.24) is 15.0 Å². The number of urea groups is 1. The van der Waals surface area contributed by atoms with Crippen LogP contribution in [0.15, 0.2) is 53.1 Å². The highest BCUT2D eigenvalue weighted by molar-refractivity contribution is 6.01. The molecule has 2 N–H and O–H groups in total. The van der Waals surface area contributed by atoms with E-state index < -0.39 is 6.04 Å². The first-order valence-corrected chi connectivity index (χ1v) is 12.9. The molecule has 1 aliphatic heterocycles. The van der Waals surface area contributed by atoms with Crippen LogP contribution < -0.4 is 5.32 Å². The lowest BCUT2D eigenvalue weighted by Crippen LogP contribution is -2.48. The molecule has 0 bridgehead atoms. The second-order valence-electron chi connectivity index (χ2n) is 10.0. The summed E-state index contributed by atoms with van der Waals surface area (Å²) in [5, 5.41) is 16.8. The fourth-order valence-electron chi connectivity index (χ4n) is 4.77. The van der Waals surface area contributed by atoms with Crippen LogP contribution in [-0.4, -0.2) is 70.9 Å². The molecule has 0 fully saturated rings. The number of nitrogens with one attached hydrogen (secondary N) is 1. The van der Waals surface area contributed by atoms with Gasteiger partial charge in [-0.15, -0.1) is 0 Å². The second kappa shape index (κ2) is 11.8. The van der Waals surface area contributed by atoms with E-state index in [1.54, 1.807) is 30.7 Å². The Morgan fingerprint density at radius 2 is 1.82 bits per heavy atom. The number of carbonyl (C=O) groups is 2. The zero-order chi connectivity index (χ0) is 27.4. The van der Waals surface area contributed by atoms with E-state index in [2.05, 4.69) is 10.5 Å². The molecule has 202 valence electrons. The molecule has 38 heavy (non-hydrogen) atoms. The van der Waals surface area contributed by atoms with Crippen molar-refractivity contribution >= 4 is 17.6 Å². The van der Waals surface area contributed by atoms with Gasteiger partial charge in [-0.3, -0.25) is 4.79 Å². The van der Waals surface area contributed by atoms with Gasteiger partial charge in [0.05, 0.1) is 25.4 Å². The Kier molecular flexibility index (Phi) is 8.48. The summed E-state index contributed by atoms with van der Waals surface area (Å²) >= 11 is 0. The van der Waals surface area contributed by atoms with Gasteiger partial charge in [0.15, 0.2) is 5.76 Å². The number of carbonyl (C=O) groups excluding carboxylic acids is 2. The maximum Gasteiger partial charge on any atom is 0.321 e. The highest BCUT2D eigenvalue weighted by atomic mass is 16.5. The second-order valence-corrected chi connectivity index (χ2v) is 10.0. The summed E-state index contributed by atoms with van der Waals surface area (Å²) in [5.41, 5.74) is 4.45. The maximum absolute atomic E-state index is 13.9. The number of amides is 3. The van der Waals surface area contributed by atoms with Gasteiger partial charge < -0.3 is 29.5 Å². The van der Waals surface area contributed by atoms with E-state index >= 15 is 0 Å². The first-order valence-electron chi connectivity index (χ1n) is 12.9. The Hall–Kier alpha value is -3.69. The zero-order valence-corrected chi connectivity index (χ0v) is 22.6.